The van der Waals surface area contributed by atoms with Crippen molar-refractivity contribution in [2.75, 3.05) is 6.61 Å². The second-order valence-electron chi connectivity index (χ2n) is 7.08. The van der Waals surface area contributed by atoms with Gasteiger partial charge in [-0.1, -0.05) is 13.0 Å². The molecule has 0 radical (unpaired) electrons. The van der Waals surface area contributed by atoms with Gasteiger partial charge in [0, 0.05) is 23.0 Å². The number of hydrogen-bond donors (Lipinski definition) is 3. The van der Waals surface area contributed by atoms with Crippen molar-refractivity contribution >= 4 is 22.3 Å². The second-order valence-corrected chi connectivity index (χ2v) is 7.08. The number of aliphatic hydroxyl groups is 1. The Morgan fingerprint density at radius 2 is 2.14 bits per heavy atom. The van der Waals surface area contributed by atoms with Crippen LogP contribution in [0, 0.1) is 5.41 Å². The summed E-state index contributed by atoms with van der Waals surface area (Å²) in [5.74, 6) is 0.527. The number of nitrogens with one attached hydrogen (secondary N) is 2. The first-order valence-electron chi connectivity index (χ1n) is 9.19. The molecule has 0 saturated heterocycles. The average molecular weight is 378 g/mol. The number of imidazole rings is 1. The van der Waals surface area contributed by atoms with Crippen molar-refractivity contribution in [3.05, 3.63) is 64.0 Å². The molecule has 0 spiro atoms. The van der Waals surface area contributed by atoms with Crippen LogP contribution in [0.1, 0.15) is 38.4 Å². The van der Waals surface area contributed by atoms with Crippen molar-refractivity contribution in [3.8, 4) is 5.75 Å². The van der Waals surface area contributed by atoms with E-state index < -0.39 is 5.54 Å². The largest absolute Gasteiger partial charge is 0.512 e. The first-order valence-corrected chi connectivity index (χ1v) is 9.19. The smallest absolute Gasteiger partial charge is 0.327 e. The molecule has 3 heterocycles. The van der Waals surface area contributed by atoms with Crippen molar-refractivity contribution in [1.29, 1.82) is 5.41 Å². The molecule has 3 aromatic rings. The highest BCUT2D eigenvalue weighted by Crippen LogP contribution is 2.43. The molecular weight excluding hydrogens is 356 g/mol. The Labute approximate surface area is 161 Å². The Kier molecular flexibility index (Phi) is 4.10. The minimum Gasteiger partial charge on any atom is -0.512 e. The van der Waals surface area contributed by atoms with Gasteiger partial charge in [-0.05, 0) is 44.5 Å². The van der Waals surface area contributed by atoms with Crippen LogP contribution in [0.2, 0.25) is 0 Å². The predicted molar refractivity (Wildman–Crippen MR) is 108 cm³/mol. The van der Waals surface area contributed by atoms with Crippen molar-refractivity contribution in [2.45, 2.75) is 32.7 Å². The Morgan fingerprint density at radius 3 is 2.75 bits per heavy atom. The Balaban J connectivity index is 2.09. The summed E-state index contributed by atoms with van der Waals surface area (Å²) in [6.07, 6.45) is 2.33. The van der Waals surface area contributed by atoms with E-state index >= 15 is 0 Å². The number of nitrogens with zero attached hydrogens (tertiary/aromatic N) is 2. The zero-order valence-corrected chi connectivity index (χ0v) is 16.0. The lowest BCUT2D eigenvalue weighted by molar-refractivity contribution is 0.161. The summed E-state index contributed by atoms with van der Waals surface area (Å²) in [5.41, 5.74) is 2.28. The number of aromatic nitrogens is 3. The van der Waals surface area contributed by atoms with Gasteiger partial charge in [-0.2, -0.15) is 0 Å². The van der Waals surface area contributed by atoms with E-state index in [1.165, 1.54) is 0 Å². The van der Waals surface area contributed by atoms with Crippen LogP contribution in [0.3, 0.4) is 0 Å². The van der Waals surface area contributed by atoms with Crippen molar-refractivity contribution in [2.24, 2.45) is 0 Å². The topological polar surface area (TPSA) is 104 Å². The van der Waals surface area contributed by atoms with Crippen LogP contribution in [-0.2, 0) is 5.54 Å². The van der Waals surface area contributed by atoms with Crippen LogP contribution in [0.4, 0.5) is 0 Å². The molecule has 0 fully saturated rings. The lowest BCUT2D eigenvalue weighted by atomic mass is 9.89. The number of benzene rings is 1. The van der Waals surface area contributed by atoms with Crippen molar-refractivity contribution in [3.63, 3.8) is 0 Å². The predicted octanol–water partition coefficient (Wildman–Crippen LogP) is 3.60. The van der Waals surface area contributed by atoms with Gasteiger partial charge in [0.05, 0.1) is 17.0 Å². The maximum absolute atomic E-state index is 13.0. The van der Waals surface area contributed by atoms with Gasteiger partial charge in [0.25, 0.3) is 0 Å². The van der Waals surface area contributed by atoms with E-state index in [9.17, 15) is 9.90 Å². The lowest BCUT2D eigenvalue weighted by Gasteiger charge is -2.37. The van der Waals surface area contributed by atoms with Crippen molar-refractivity contribution in [1.82, 2.24) is 14.5 Å². The first kappa shape index (κ1) is 18.0. The molecule has 1 aliphatic heterocycles. The summed E-state index contributed by atoms with van der Waals surface area (Å²) >= 11 is 0. The molecule has 0 amide bonds. The highest BCUT2D eigenvalue weighted by molar-refractivity contribution is 6.23. The van der Waals surface area contributed by atoms with Gasteiger partial charge < -0.3 is 20.2 Å². The standard InChI is InChI=1S/C21H22N4O3/c1-4-21(16-7-5-6-10-23-16)11-28-19-14(17(12(2)22)13(3)26)8-9-15-18(19)25(21)20(27)24-15/h5-10,22,26H,4,11H2,1-3H3,(H,24,27)/b17-13+,22-12?. The van der Waals surface area contributed by atoms with Gasteiger partial charge in [0.1, 0.15) is 17.7 Å². The minimum atomic E-state index is -0.736. The number of aliphatic hydroxyl groups excluding tert-OH is 1. The third-order valence-electron chi connectivity index (χ3n) is 5.42. The normalized spacial score (nSPS) is 19.2. The van der Waals surface area contributed by atoms with Crippen LogP contribution in [-0.4, -0.2) is 32.0 Å². The quantitative estimate of drug-likeness (QED) is 0.476. The van der Waals surface area contributed by atoms with Crippen LogP contribution in [0.25, 0.3) is 16.6 Å². The molecule has 144 valence electrons. The number of ether oxygens (including phenoxy) is 1. The van der Waals surface area contributed by atoms with Gasteiger partial charge in [0.2, 0.25) is 0 Å². The maximum Gasteiger partial charge on any atom is 0.327 e. The summed E-state index contributed by atoms with van der Waals surface area (Å²) in [4.78, 5) is 20.4. The number of allylic oxidation sites excluding steroid dienone is 2. The molecule has 1 unspecified atom stereocenters. The number of rotatable bonds is 4. The highest BCUT2D eigenvalue weighted by Gasteiger charge is 2.42. The molecule has 0 saturated carbocycles. The zero-order chi connectivity index (χ0) is 20.1. The highest BCUT2D eigenvalue weighted by atomic mass is 16.5. The Bertz CT molecular complexity index is 1170. The molecular formula is C21H22N4O3. The van der Waals surface area contributed by atoms with E-state index in [0.717, 1.165) is 5.69 Å². The fraction of sp³-hybridized carbons (Fsp3) is 0.286. The van der Waals surface area contributed by atoms with Gasteiger partial charge >= 0.3 is 5.69 Å². The molecule has 2 aromatic heterocycles. The summed E-state index contributed by atoms with van der Waals surface area (Å²) in [5, 5.41) is 18.2. The lowest BCUT2D eigenvalue weighted by Crippen LogP contribution is -2.48. The third-order valence-corrected chi connectivity index (χ3v) is 5.42. The molecule has 7 heteroatoms. The molecule has 28 heavy (non-hydrogen) atoms. The van der Waals surface area contributed by atoms with Crippen LogP contribution in [0.5, 0.6) is 5.75 Å². The van der Waals surface area contributed by atoms with Crippen molar-refractivity contribution < 1.29 is 9.84 Å². The van der Waals surface area contributed by atoms with Crippen LogP contribution < -0.4 is 10.4 Å². The summed E-state index contributed by atoms with van der Waals surface area (Å²) in [7, 11) is 0. The summed E-state index contributed by atoms with van der Waals surface area (Å²) in [6, 6.07) is 9.19. The molecule has 1 aromatic carbocycles. The fourth-order valence-electron chi connectivity index (χ4n) is 4.11. The van der Waals surface area contributed by atoms with E-state index in [-0.39, 0.29) is 23.8 Å². The van der Waals surface area contributed by atoms with E-state index in [0.29, 0.717) is 34.3 Å². The first-order chi connectivity index (χ1) is 13.4. The number of hydrogen-bond acceptors (Lipinski definition) is 5. The summed E-state index contributed by atoms with van der Waals surface area (Å²) in [6.45, 7) is 5.39. The van der Waals surface area contributed by atoms with E-state index in [4.69, 9.17) is 10.1 Å². The Morgan fingerprint density at radius 1 is 1.36 bits per heavy atom. The SMILES string of the molecule is CCC1(c2ccccn2)COc2c(/C(C(C)=N)=C(\C)O)ccc3[nH]c(=O)n1c23. The zero-order valence-electron chi connectivity index (χ0n) is 16.0. The van der Waals surface area contributed by atoms with Gasteiger partial charge in [-0.25, -0.2) is 4.79 Å². The number of aromatic amines is 1. The van der Waals surface area contributed by atoms with E-state index in [2.05, 4.69) is 9.97 Å². The third kappa shape index (κ3) is 2.39. The Hall–Kier alpha value is -3.35. The minimum absolute atomic E-state index is 0.0354. The van der Waals surface area contributed by atoms with E-state index in [1.54, 1.807) is 36.7 Å². The maximum atomic E-state index is 13.0. The molecule has 1 atom stereocenters. The molecule has 1 aliphatic rings. The van der Waals surface area contributed by atoms with Gasteiger partial charge in [-0.3, -0.25) is 9.55 Å². The summed E-state index contributed by atoms with van der Waals surface area (Å²) < 4.78 is 7.94. The van der Waals surface area contributed by atoms with E-state index in [1.807, 2.05) is 25.1 Å². The molecule has 3 N–H and O–H groups in total. The molecule has 0 bridgehead atoms. The molecule has 7 nitrogen and oxygen atoms in total. The number of pyridine rings is 1. The van der Waals surface area contributed by atoms with Crippen LogP contribution in [0.15, 0.2) is 47.1 Å². The van der Waals surface area contributed by atoms with Crippen LogP contribution >= 0.6 is 0 Å². The van der Waals surface area contributed by atoms with Gasteiger partial charge in [0.15, 0.2) is 5.75 Å². The fourth-order valence-corrected chi connectivity index (χ4v) is 4.11. The average Bonchev–Trinajstić information content (AvgIpc) is 3.02. The number of H-pyrrole nitrogens is 1. The molecule has 4 rings (SSSR count). The molecule has 0 aliphatic carbocycles. The van der Waals surface area contributed by atoms with Gasteiger partial charge in [-0.15, -0.1) is 0 Å². The second kappa shape index (κ2) is 6.37. The monoisotopic (exact) mass is 378 g/mol.